The molecule has 0 saturated carbocycles. The number of primary amides is 1. The topological polar surface area (TPSA) is 72.5 Å². The molecule has 4 nitrogen and oxygen atoms in total. The van der Waals surface area contributed by atoms with Gasteiger partial charge in [-0.15, -0.1) is 0 Å². The van der Waals surface area contributed by atoms with Crippen molar-refractivity contribution in [1.29, 1.82) is 0 Å². The summed E-state index contributed by atoms with van der Waals surface area (Å²) in [5, 5.41) is 8.59. The highest BCUT2D eigenvalue weighted by molar-refractivity contribution is 5.65. The minimum absolute atomic E-state index is 0.239. The van der Waals surface area contributed by atoms with E-state index < -0.39 is 11.7 Å². The zero-order valence-corrected chi connectivity index (χ0v) is 11.6. The van der Waals surface area contributed by atoms with Crippen LogP contribution in [0.1, 0.15) is 31.9 Å². The second-order valence-corrected chi connectivity index (χ2v) is 4.99. The molecule has 0 spiro atoms. The van der Waals surface area contributed by atoms with Gasteiger partial charge in [0.25, 0.3) is 0 Å². The van der Waals surface area contributed by atoms with Crippen molar-refractivity contribution in [3.05, 3.63) is 35.4 Å². The Morgan fingerprint density at radius 1 is 1.28 bits per heavy atom. The van der Waals surface area contributed by atoms with Crippen LogP contribution in [0.4, 0.5) is 4.79 Å². The van der Waals surface area contributed by atoms with Crippen LogP contribution >= 0.6 is 0 Å². The molecule has 1 rings (SSSR count). The third-order valence-electron chi connectivity index (χ3n) is 1.93. The largest absolute Gasteiger partial charge is 0.444 e. The molecule has 4 heteroatoms. The van der Waals surface area contributed by atoms with Crippen LogP contribution in [0.15, 0.2) is 24.3 Å². The van der Waals surface area contributed by atoms with Crippen LogP contribution < -0.4 is 5.73 Å². The van der Waals surface area contributed by atoms with Crippen LogP contribution in [-0.2, 0) is 11.2 Å². The smallest absolute Gasteiger partial charge is 0.405 e. The van der Waals surface area contributed by atoms with E-state index in [0.717, 1.165) is 6.42 Å². The Bertz CT molecular complexity index is 352. The number of aliphatic hydroxyl groups excluding tert-OH is 1. The van der Waals surface area contributed by atoms with E-state index in [-0.39, 0.29) is 6.61 Å². The lowest BCUT2D eigenvalue weighted by molar-refractivity contribution is 0.0600. The first-order valence-corrected chi connectivity index (χ1v) is 5.89. The molecule has 3 N–H and O–H groups in total. The van der Waals surface area contributed by atoms with E-state index in [9.17, 15) is 4.79 Å². The number of rotatable bonds is 2. The van der Waals surface area contributed by atoms with E-state index >= 15 is 0 Å². The van der Waals surface area contributed by atoms with Crippen molar-refractivity contribution in [2.75, 3.05) is 6.61 Å². The highest BCUT2D eigenvalue weighted by atomic mass is 16.6. The molecule has 18 heavy (non-hydrogen) atoms. The molecule has 0 saturated heterocycles. The lowest BCUT2D eigenvalue weighted by atomic mass is 10.1. The number of carbonyl (C=O) groups excluding carboxylic acids is 1. The van der Waals surface area contributed by atoms with Crippen molar-refractivity contribution in [3.63, 3.8) is 0 Å². The van der Waals surface area contributed by atoms with E-state index in [0.29, 0.717) is 0 Å². The van der Waals surface area contributed by atoms with Crippen LogP contribution in [0, 0.1) is 6.92 Å². The fourth-order valence-electron chi connectivity index (χ4n) is 1.19. The van der Waals surface area contributed by atoms with Gasteiger partial charge >= 0.3 is 6.09 Å². The maximum atomic E-state index is 10.0. The summed E-state index contributed by atoms with van der Waals surface area (Å²) in [7, 11) is 0. The molecule has 0 aliphatic heterocycles. The summed E-state index contributed by atoms with van der Waals surface area (Å²) in [6, 6.07) is 8.22. The summed E-state index contributed by atoms with van der Waals surface area (Å²) in [5.74, 6) is 0. The summed E-state index contributed by atoms with van der Waals surface area (Å²) in [6.45, 7) is 7.58. The molecular weight excluding hydrogens is 230 g/mol. The third kappa shape index (κ3) is 9.66. The summed E-state index contributed by atoms with van der Waals surface area (Å²) in [4.78, 5) is 10.0. The fraction of sp³-hybridized carbons (Fsp3) is 0.500. The van der Waals surface area contributed by atoms with Gasteiger partial charge in [0, 0.05) is 6.61 Å². The van der Waals surface area contributed by atoms with Crippen LogP contribution in [0.5, 0.6) is 0 Å². The number of hydrogen-bond donors (Lipinski definition) is 2. The number of carbonyl (C=O) groups is 1. The fourth-order valence-corrected chi connectivity index (χ4v) is 1.19. The standard InChI is InChI=1S/C9H12O.C5H11NO2/c1-8-2-4-9(5-3-8)6-7-10;1-5(2,3)8-4(6)7/h2-5,10H,6-7H2,1H3;1-3H3,(H2,6,7). The minimum atomic E-state index is -0.725. The molecular formula is C14H23NO3. The van der Waals surface area contributed by atoms with Crippen molar-refractivity contribution in [1.82, 2.24) is 0 Å². The monoisotopic (exact) mass is 253 g/mol. The van der Waals surface area contributed by atoms with Crippen molar-refractivity contribution < 1.29 is 14.6 Å². The molecule has 1 aromatic rings. The average Bonchev–Trinajstić information content (AvgIpc) is 2.19. The second-order valence-electron chi connectivity index (χ2n) is 4.99. The molecule has 1 aromatic carbocycles. The first-order valence-electron chi connectivity index (χ1n) is 5.89. The summed E-state index contributed by atoms with van der Waals surface area (Å²) in [5.41, 5.74) is 6.73. The Kier molecular flexibility index (Phi) is 7.05. The van der Waals surface area contributed by atoms with E-state index in [2.05, 4.69) is 23.8 Å². The van der Waals surface area contributed by atoms with Gasteiger partial charge in [0.15, 0.2) is 0 Å². The highest BCUT2D eigenvalue weighted by Crippen LogP contribution is 2.05. The van der Waals surface area contributed by atoms with E-state index in [1.807, 2.05) is 12.1 Å². The SMILES string of the molecule is CC(C)(C)OC(N)=O.Cc1ccc(CCO)cc1. The summed E-state index contributed by atoms with van der Waals surface area (Å²) >= 11 is 0. The first kappa shape index (κ1) is 16.4. The minimum Gasteiger partial charge on any atom is -0.444 e. The number of nitrogens with two attached hydrogens (primary N) is 1. The summed E-state index contributed by atoms with van der Waals surface area (Å²) in [6.07, 6.45) is 0.0396. The number of aliphatic hydroxyl groups is 1. The molecule has 0 atom stereocenters. The Balaban J connectivity index is 0.000000331. The number of benzene rings is 1. The molecule has 0 bridgehead atoms. The van der Waals surface area contributed by atoms with Crippen LogP contribution in [-0.4, -0.2) is 23.4 Å². The second kappa shape index (κ2) is 7.71. The van der Waals surface area contributed by atoms with Gasteiger partial charge in [-0.3, -0.25) is 0 Å². The molecule has 102 valence electrons. The zero-order chi connectivity index (χ0) is 14.2. The lowest BCUT2D eigenvalue weighted by Gasteiger charge is -2.16. The van der Waals surface area contributed by atoms with Gasteiger partial charge in [0.1, 0.15) is 5.60 Å². The van der Waals surface area contributed by atoms with Gasteiger partial charge in [-0.25, -0.2) is 4.79 Å². The molecule has 0 fully saturated rings. The maximum absolute atomic E-state index is 10.0. The van der Waals surface area contributed by atoms with Crippen molar-refractivity contribution >= 4 is 6.09 Å². The first-order chi connectivity index (χ1) is 8.24. The van der Waals surface area contributed by atoms with E-state index in [1.54, 1.807) is 20.8 Å². The van der Waals surface area contributed by atoms with Crippen LogP contribution in [0.2, 0.25) is 0 Å². The number of aryl methyl sites for hydroxylation is 1. The Morgan fingerprint density at radius 2 is 1.78 bits per heavy atom. The predicted octanol–water partition coefficient (Wildman–Crippen LogP) is 2.41. The number of amides is 1. The Morgan fingerprint density at radius 3 is 2.06 bits per heavy atom. The van der Waals surface area contributed by atoms with Crippen molar-refractivity contribution in [2.24, 2.45) is 5.73 Å². The molecule has 0 aliphatic carbocycles. The lowest BCUT2D eigenvalue weighted by Crippen LogP contribution is -2.27. The van der Waals surface area contributed by atoms with E-state index in [4.69, 9.17) is 10.8 Å². The Labute approximate surface area is 109 Å². The molecule has 0 unspecified atom stereocenters. The average molecular weight is 253 g/mol. The van der Waals surface area contributed by atoms with E-state index in [1.165, 1.54) is 11.1 Å². The summed E-state index contributed by atoms with van der Waals surface area (Å²) < 4.78 is 4.58. The molecule has 0 radical (unpaired) electrons. The Hall–Kier alpha value is -1.55. The van der Waals surface area contributed by atoms with Gasteiger partial charge in [-0.2, -0.15) is 0 Å². The van der Waals surface area contributed by atoms with Gasteiger partial charge in [0.2, 0.25) is 0 Å². The van der Waals surface area contributed by atoms with Crippen molar-refractivity contribution in [2.45, 2.75) is 39.7 Å². The normalized spacial score (nSPS) is 10.3. The van der Waals surface area contributed by atoms with Gasteiger partial charge < -0.3 is 15.6 Å². The number of hydrogen-bond acceptors (Lipinski definition) is 3. The van der Waals surface area contributed by atoms with Gasteiger partial charge in [-0.1, -0.05) is 29.8 Å². The number of ether oxygens (including phenoxy) is 1. The maximum Gasteiger partial charge on any atom is 0.405 e. The van der Waals surface area contributed by atoms with Gasteiger partial charge in [-0.05, 0) is 39.7 Å². The molecule has 0 aromatic heterocycles. The quantitative estimate of drug-likeness (QED) is 0.850. The van der Waals surface area contributed by atoms with Crippen molar-refractivity contribution in [3.8, 4) is 0 Å². The predicted molar refractivity (Wildman–Crippen MR) is 72.4 cm³/mol. The van der Waals surface area contributed by atoms with Gasteiger partial charge in [0.05, 0.1) is 0 Å². The van der Waals surface area contributed by atoms with Crippen LogP contribution in [0.3, 0.4) is 0 Å². The highest BCUT2D eigenvalue weighted by Gasteiger charge is 2.12. The third-order valence-corrected chi connectivity index (χ3v) is 1.93. The zero-order valence-electron chi connectivity index (χ0n) is 11.6. The molecule has 1 amide bonds. The molecule has 0 aliphatic rings. The van der Waals surface area contributed by atoms with Crippen LogP contribution in [0.25, 0.3) is 0 Å². The molecule has 0 heterocycles.